The highest BCUT2D eigenvalue weighted by molar-refractivity contribution is 5.22. The number of nitriles is 1. The summed E-state index contributed by atoms with van der Waals surface area (Å²) in [5, 5.41) is 13.0. The maximum atomic E-state index is 8.77. The Morgan fingerprint density at radius 1 is 1.39 bits per heavy atom. The maximum absolute atomic E-state index is 8.77. The van der Waals surface area contributed by atoms with Gasteiger partial charge in [-0.2, -0.15) is 10.4 Å². The second-order valence-corrected chi connectivity index (χ2v) is 5.25. The van der Waals surface area contributed by atoms with E-state index in [4.69, 9.17) is 10.00 Å². The average molecular weight is 246 g/mol. The number of hydrogen-bond donors (Lipinski definition) is 0. The topological polar surface area (TPSA) is 54.1 Å². The SMILES string of the molecule is N#Cc1cnn(C2CN(CC3CCOCC3)C2)c1. The minimum Gasteiger partial charge on any atom is -0.381 e. The van der Waals surface area contributed by atoms with E-state index in [9.17, 15) is 0 Å². The van der Waals surface area contributed by atoms with E-state index in [1.54, 1.807) is 6.20 Å². The Morgan fingerprint density at radius 2 is 2.17 bits per heavy atom. The molecular weight excluding hydrogens is 228 g/mol. The molecular formula is C13H18N4O. The Morgan fingerprint density at radius 3 is 2.83 bits per heavy atom. The van der Waals surface area contributed by atoms with Crippen molar-refractivity contribution in [3.63, 3.8) is 0 Å². The molecule has 5 nitrogen and oxygen atoms in total. The van der Waals surface area contributed by atoms with Gasteiger partial charge in [0.25, 0.3) is 0 Å². The van der Waals surface area contributed by atoms with Gasteiger partial charge in [0.15, 0.2) is 0 Å². The molecule has 0 aromatic carbocycles. The summed E-state index contributed by atoms with van der Waals surface area (Å²) < 4.78 is 7.30. The molecule has 3 heterocycles. The van der Waals surface area contributed by atoms with Gasteiger partial charge in [0.1, 0.15) is 6.07 Å². The molecule has 2 saturated heterocycles. The fourth-order valence-corrected chi connectivity index (χ4v) is 2.75. The van der Waals surface area contributed by atoms with Gasteiger partial charge in [-0.05, 0) is 18.8 Å². The van der Waals surface area contributed by atoms with Crippen molar-refractivity contribution in [2.45, 2.75) is 18.9 Å². The van der Waals surface area contributed by atoms with Crippen LogP contribution in [0.15, 0.2) is 12.4 Å². The maximum Gasteiger partial charge on any atom is 0.102 e. The summed E-state index contributed by atoms with van der Waals surface area (Å²) in [7, 11) is 0. The van der Waals surface area contributed by atoms with Crippen molar-refractivity contribution in [2.24, 2.45) is 5.92 Å². The first kappa shape index (κ1) is 11.7. The first-order valence-electron chi connectivity index (χ1n) is 6.59. The zero-order chi connectivity index (χ0) is 12.4. The Kier molecular flexibility index (Phi) is 3.31. The molecule has 5 heteroatoms. The van der Waals surface area contributed by atoms with Crippen molar-refractivity contribution >= 4 is 0 Å². The second kappa shape index (κ2) is 5.09. The summed E-state index contributed by atoms with van der Waals surface area (Å²) in [6.45, 7) is 5.15. The molecule has 18 heavy (non-hydrogen) atoms. The molecule has 0 amide bonds. The van der Waals surface area contributed by atoms with Crippen LogP contribution in [0.3, 0.4) is 0 Å². The Balaban J connectivity index is 1.46. The van der Waals surface area contributed by atoms with Gasteiger partial charge in [0.2, 0.25) is 0 Å². The smallest absolute Gasteiger partial charge is 0.102 e. The van der Waals surface area contributed by atoms with E-state index in [1.807, 2.05) is 10.9 Å². The Bertz CT molecular complexity index is 438. The van der Waals surface area contributed by atoms with Crippen LogP contribution in [0.4, 0.5) is 0 Å². The predicted octanol–water partition coefficient (Wildman–Crippen LogP) is 1.04. The third-order valence-corrected chi connectivity index (χ3v) is 3.90. The van der Waals surface area contributed by atoms with Crippen molar-refractivity contribution < 1.29 is 4.74 Å². The van der Waals surface area contributed by atoms with Crippen molar-refractivity contribution in [3.05, 3.63) is 18.0 Å². The van der Waals surface area contributed by atoms with Crippen LogP contribution in [0.1, 0.15) is 24.4 Å². The lowest BCUT2D eigenvalue weighted by Crippen LogP contribution is -2.50. The van der Waals surface area contributed by atoms with Crippen molar-refractivity contribution in [1.82, 2.24) is 14.7 Å². The van der Waals surface area contributed by atoms with E-state index in [2.05, 4.69) is 16.1 Å². The molecule has 1 aromatic rings. The molecule has 3 rings (SSSR count). The zero-order valence-electron chi connectivity index (χ0n) is 10.5. The van der Waals surface area contributed by atoms with Crippen LogP contribution in [0.25, 0.3) is 0 Å². The van der Waals surface area contributed by atoms with Crippen LogP contribution in [0.2, 0.25) is 0 Å². The summed E-state index contributed by atoms with van der Waals surface area (Å²) >= 11 is 0. The van der Waals surface area contributed by atoms with Gasteiger partial charge in [0, 0.05) is 39.0 Å². The third kappa shape index (κ3) is 2.40. The van der Waals surface area contributed by atoms with E-state index in [0.717, 1.165) is 32.2 Å². The highest BCUT2D eigenvalue weighted by atomic mass is 16.5. The molecule has 0 unspecified atom stereocenters. The van der Waals surface area contributed by atoms with Gasteiger partial charge in [-0.1, -0.05) is 0 Å². The lowest BCUT2D eigenvalue weighted by molar-refractivity contribution is 0.0256. The highest BCUT2D eigenvalue weighted by Gasteiger charge is 2.30. The number of hydrogen-bond acceptors (Lipinski definition) is 4. The molecule has 0 atom stereocenters. The predicted molar refractivity (Wildman–Crippen MR) is 66.0 cm³/mol. The van der Waals surface area contributed by atoms with Gasteiger partial charge in [0.05, 0.1) is 17.8 Å². The quantitative estimate of drug-likeness (QED) is 0.799. The standard InChI is InChI=1S/C13H18N4O/c14-5-12-6-15-17(8-12)13-9-16(10-13)7-11-1-3-18-4-2-11/h6,8,11,13H,1-4,7,9-10H2. The summed E-state index contributed by atoms with van der Waals surface area (Å²) in [6, 6.07) is 2.57. The van der Waals surface area contributed by atoms with Gasteiger partial charge >= 0.3 is 0 Å². The molecule has 2 fully saturated rings. The van der Waals surface area contributed by atoms with E-state index >= 15 is 0 Å². The highest BCUT2D eigenvalue weighted by Crippen LogP contribution is 2.24. The van der Waals surface area contributed by atoms with Crippen LogP contribution in [0, 0.1) is 17.2 Å². The third-order valence-electron chi connectivity index (χ3n) is 3.90. The molecule has 0 spiro atoms. The lowest BCUT2D eigenvalue weighted by Gasteiger charge is -2.41. The van der Waals surface area contributed by atoms with Crippen LogP contribution < -0.4 is 0 Å². The summed E-state index contributed by atoms with van der Waals surface area (Å²) in [4.78, 5) is 2.48. The molecule has 96 valence electrons. The fourth-order valence-electron chi connectivity index (χ4n) is 2.75. The van der Waals surface area contributed by atoms with Crippen molar-refractivity contribution in [3.8, 4) is 6.07 Å². The molecule has 2 aliphatic rings. The van der Waals surface area contributed by atoms with E-state index in [1.165, 1.54) is 19.4 Å². The second-order valence-electron chi connectivity index (χ2n) is 5.25. The zero-order valence-corrected chi connectivity index (χ0v) is 10.5. The number of aromatic nitrogens is 2. The number of ether oxygens (including phenoxy) is 1. The molecule has 0 radical (unpaired) electrons. The summed E-state index contributed by atoms with van der Waals surface area (Å²) in [5.74, 6) is 0.798. The van der Waals surface area contributed by atoms with Crippen molar-refractivity contribution in [2.75, 3.05) is 32.8 Å². The van der Waals surface area contributed by atoms with Gasteiger partial charge in [-0.15, -0.1) is 0 Å². The number of rotatable bonds is 3. The molecule has 0 aliphatic carbocycles. The molecule has 0 bridgehead atoms. The summed E-state index contributed by atoms with van der Waals surface area (Å²) in [5.41, 5.74) is 0.651. The molecule has 0 N–H and O–H groups in total. The van der Waals surface area contributed by atoms with Crippen molar-refractivity contribution in [1.29, 1.82) is 5.26 Å². The van der Waals surface area contributed by atoms with E-state index in [0.29, 0.717) is 11.6 Å². The average Bonchev–Trinajstić information content (AvgIpc) is 2.83. The lowest BCUT2D eigenvalue weighted by atomic mass is 9.97. The van der Waals surface area contributed by atoms with E-state index in [-0.39, 0.29) is 0 Å². The Hall–Kier alpha value is -1.38. The molecule has 0 saturated carbocycles. The number of likely N-dealkylation sites (tertiary alicyclic amines) is 1. The normalized spacial score (nSPS) is 22.6. The largest absolute Gasteiger partial charge is 0.381 e. The summed E-state index contributed by atoms with van der Waals surface area (Å²) in [6.07, 6.45) is 5.88. The first-order chi connectivity index (χ1) is 8.85. The van der Waals surface area contributed by atoms with E-state index < -0.39 is 0 Å². The van der Waals surface area contributed by atoms with Gasteiger partial charge in [-0.3, -0.25) is 9.58 Å². The molecule has 2 aliphatic heterocycles. The van der Waals surface area contributed by atoms with Crippen LogP contribution >= 0.6 is 0 Å². The van der Waals surface area contributed by atoms with Crippen LogP contribution in [0.5, 0.6) is 0 Å². The fraction of sp³-hybridized carbons (Fsp3) is 0.692. The van der Waals surface area contributed by atoms with Crippen LogP contribution in [-0.4, -0.2) is 47.5 Å². The molecule has 1 aromatic heterocycles. The monoisotopic (exact) mass is 246 g/mol. The number of nitrogens with zero attached hydrogens (tertiary/aromatic N) is 4. The van der Waals surface area contributed by atoms with Gasteiger partial charge in [-0.25, -0.2) is 0 Å². The minimum absolute atomic E-state index is 0.451. The van der Waals surface area contributed by atoms with Crippen LogP contribution in [-0.2, 0) is 4.74 Å². The van der Waals surface area contributed by atoms with Gasteiger partial charge < -0.3 is 4.74 Å². The first-order valence-corrected chi connectivity index (χ1v) is 6.59. The Labute approximate surface area is 107 Å². The minimum atomic E-state index is 0.451.